The number of nitrogen functional groups attached to an aromatic ring is 1. The SMILES string of the molecule is Cc1ccc(-c2nn(C(C)(C)CN)c3ncnc(N)c23)cc1. The van der Waals surface area contributed by atoms with Gasteiger partial charge in [-0.15, -0.1) is 0 Å². The highest BCUT2D eigenvalue weighted by Crippen LogP contribution is 2.32. The van der Waals surface area contributed by atoms with Crippen LogP contribution in [-0.2, 0) is 5.54 Å². The fourth-order valence-electron chi connectivity index (χ4n) is 2.40. The first kappa shape index (κ1) is 14.5. The van der Waals surface area contributed by atoms with Crippen molar-refractivity contribution in [3.8, 4) is 11.3 Å². The Kier molecular flexibility index (Phi) is 3.33. The molecule has 2 heterocycles. The fraction of sp³-hybridized carbons (Fsp3) is 0.312. The van der Waals surface area contributed by atoms with Gasteiger partial charge in [0.15, 0.2) is 5.65 Å². The molecule has 6 heteroatoms. The number of hydrogen-bond donors (Lipinski definition) is 2. The van der Waals surface area contributed by atoms with Gasteiger partial charge in [0.25, 0.3) is 0 Å². The summed E-state index contributed by atoms with van der Waals surface area (Å²) in [6, 6.07) is 8.16. The lowest BCUT2D eigenvalue weighted by molar-refractivity contribution is 0.340. The number of hydrogen-bond acceptors (Lipinski definition) is 5. The Morgan fingerprint density at radius 1 is 1.14 bits per heavy atom. The Balaban J connectivity index is 2.33. The van der Waals surface area contributed by atoms with Gasteiger partial charge in [-0.05, 0) is 20.8 Å². The summed E-state index contributed by atoms with van der Waals surface area (Å²) in [5, 5.41) is 5.52. The summed E-state index contributed by atoms with van der Waals surface area (Å²) >= 11 is 0. The van der Waals surface area contributed by atoms with Gasteiger partial charge < -0.3 is 11.5 Å². The van der Waals surface area contributed by atoms with E-state index in [1.54, 1.807) is 0 Å². The summed E-state index contributed by atoms with van der Waals surface area (Å²) in [5.41, 5.74) is 15.3. The van der Waals surface area contributed by atoms with Crippen LogP contribution in [0.4, 0.5) is 5.82 Å². The number of benzene rings is 1. The van der Waals surface area contributed by atoms with Gasteiger partial charge in [-0.1, -0.05) is 29.8 Å². The lowest BCUT2D eigenvalue weighted by Gasteiger charge is -2.23. The number of anilines is 1. The minimum absolute atomic E-state index is 0.359. The Hall–Kier alpha value is -2.47. The van der Waals surface area contributed by atoms with Crippen molar-refractivity contribution in [3.63, 3.8) is 0 Å². The molecular weight excluding hydrogens is 276 g/mol. The third-order valence-electron chi connectivity index (χ3n) is 3.89. The number of fused-ring (bicyclic) bond motifs is 1. The van der Waals surface area contributed by atoms with Gasteiger partial charge in [-0.25, -0.2) is 14.6 Å². The molecule has 3 rings (SSSR count). The molecule has 22 heavy (non-hydrogen) atoms. The molecule has 114 valence electrons. The summed E-state index contributed by atoms with van der Waals surface area (Å²) in [5.74, 6) is 0.430. The second-order valence-electron chi connectivity index (χ2n) is 6.10. The Morgan fingerprint density at radius 2 is 1.82 bits per heavy atom. The summed E-state index contributed by atoms with van der Waals surface area (Å²) in [7, 11) is 0. The van der Waals surface area contributed by atoms with E-state index in [9.17, 15) is 0 Å². The highest BCUT2D eigenvalue weighted by molar-refractivity contribution is 5.98. The molecule has 0 atom stereocenters. The molecule has 2 aromatic heterocycles. The number of rotatable bonds is 3. The average molecular weight is 296 g/mol. The number of nitrogens with two attached hydrogens (primary N) is 2. The summed E-state index contributed by atoms with van der Waals surface area (Å²) in [4.78, 5) is 8.49. The van der Waals surface area contributed by atoms with E-state index < -0.39 is 0 Å². The van der Waals surface area contributed by atoms with Crippen LogP contribution in [0.5, 0.6) is 0 Å². The quantitative estimate of drug-likeness (QED) is 0.771. The van der Waals surface area contributed by atoms with Crippen molar-refractivity contribution in [1.29, 1.82) is 0 Å². The minimum atomic E-state index is -0.359. The molecule has 6 nitrogen and oxygen atoms in total. The predicted molar refractivity (Wildman–Crippen MR) is 88.3 cm³/mol. The topological polar surface area (TPSA) is 95.6 Å². The molecule has 0 fully saturated rings. The van der Waals surface area contributed by atoms with E-state index in [-0.39, 0.29) is 5.54 Å². The van der Waals surface area contributed by atoms with Gasteiger partial charge >= 0.3 is 0 Å². The molecule has 0 radical (unpaired) electrons. The van der Waals surface area contributed by atoms with Crippen LogP contribution in [0.3, 0.4) is 0 Å². The number of aromatic nitrogens is 4. The second-order valence-corrected chi connectivity index (χ2v) is 6.10. The summed E-state index contributed by atoms with van der Waals surface area (Å²) in [6.45, 7) is 6.55. The zero-order chi connectivity index (χ0) is 15.9. The summed E-state index contributed by atoms with van der Waals surface area (Å²) in [6.07, 6.45) is 1.46. The van der Waals surface area contributed by atoms with Crippen LogP contribution >= 0.6 is 0 Å². The number of aryl methyl sites for hydroxylation is 1. The van der Waals surface area contributed by atoms with Crippen LogP contribution in [0.25, 0.3) is 22.3 Å². The Labute approximate surface area is 129 Å². The minimum Gasteiger partial charge on any atom is -0.383 e. The molecular formula is C16H20N6. The van der Waals surface area contributed by atoms with Gasteiger partial charge in [0.1, 0.15) is 17.8 Å². The molecule has 0 bridgehead atoms. The van der Waals surface area contributed by atoms with E-state index in [2.05, 4.69) is 16.9 Å². The predicted octanol–water partition coefficient (Wildman–Crippen LogP) is 2.08. The van der Waals surface area contributed by atoms with E-state index in [1.807, 2.05) is 42.8 Å². The molecule has 1 aromatic carbocycles. The van der Waals surface area contributed by atoms with Gasteiger partial charge in [-0.2, -0.15) is 5.10 Å². The molecule has 0 unspecified atom stereocenters. The molecule has 0 aliphatic carbocycles. The van der Waals surface area contributed by atoms with Crippen LogP contribution in [0.1, 0.15) is 19.4 Å². The molecule has 0 amide bonds. The molecule has 4 N–H and O–H groups in total. The molecule has 0 aliphatic heterocycles. The van der Waals surface area contributed by atoms with Crippen molar-refractivity contribution in [2.24, 2.45) is 5.73 Å². The van der Waals surface area contributed by atoms with Crippen molar-refractivity contribution in [3.05, 3.63) is 36.2 Å². The third-order valence-corrected chi connectivity index (χ3v) is 3.89. The standard InChI is InChI=1S/C16H20N6/c1-10-4-6-11(7-5-10)13-12-14(18)19-9-20-15(12)22(21-13)16(2,3)8-17/h4-7,9H,8,17H2,1-3H3,(H2,18,19,20). The smallest absolute Gasteiger partial charge is 0.164 e. The zero-order valence-electron chi connectivity index (χ0n) is 13.0. The Morgan fingerprint density at radius 3 is 2.45 bits per heavy atom. The van der Waals surface area contributed by atoms with Crippen LogP contribution in [0, 0.1) is 6.92 Å². The van der Waals surface area contributed by atoms with Crippen LogP contribution in [0.2, 0.25) is 0 Å². The first-order chi connectivity index (χ1) is 10.4. The first-order valence-corrected chi connectivity index (χ1v) is 7.21. The highest BCUT2D eigenvalue weighted by atomic mass is 15.4. The zero-order valence-corrected chi connectivity index (χ0v) is 13.0. The van der Waals surface area contributed by atoms with E-state index in [0.29, 0.717) is 18.0 Å². The second kappa shape index (κ2) is 5.06. The maximum absolute atomic E-state index is 6.09. The number of nitrogens with zero attached hydrogens (tertiary/aromatic N) is 4. The fourth-order valence-corrected chi connectivity index (χ4v) is 2.40. The van der Waals surface area contributed by atoms with Gasteiger partial charge in [0.05, 0.1) is 10.9 Å². The molecule has 0 aliphatic rings. The summed E-state index contributed by atoms with van der Waals surface area (Å²) < 4.78 is 1.84. The monoisotopic (exact) mass is 296 g/mol. The van der Waals surface area contributed by atoms with Crippen molar-refractivity contribution >= 4 is 16.9 Å². The van der Waals surface area contributed by atoms with E-state index in [0.717, 1.165) is 16.6 Å². The molecule has 3 aromatic rings. The van der Waals surface area contributed by atoms with Gasteiger partial charge in [0, 0.05) is 12.1 Å². The van der Waals surface area contributed by atoms with Crippen molar-refractivity contribution in [2.75, 3.05) is 12.3 Å². The highest BCUT2D eigenvalue weighted by Gasteiger charge is 2.26. The largest absolute Gasteiger partial charge is 0.383 e. The van der Waals surface area contributed by atoms with Crippen LogP contribution in [-0.4, -0.2) is 26.3 Å². The van der Waals surface area contributed by atoms with Gasteiger partial charge in [0.2, 0.25) is 0 Å². The van der Waals surface area contributed by atoms with Gasteiger partial charge in [-0.3, -0.25) is 0 Å². The molecule has 0 spiro atoms. The molecule has 0 saturated heterocycles. The van der Waals surface area contributed by atoms with E-state index in [1.165, 1.54) is 11.9 Å². The molecule has 0 saturated carbocycles. The lowest BCUT2D eigenvalue weighted by Crippen LogP contribution is -2.36. The van der Waals surface area contributed by atoms with Crippen LogP contribution < -0.4 is 11.5 Å². The van der Waals surface area contributed by atoms with E-state index in [4.69, 9.17) is 16.6 Å². The van der Waals surface area contributed by atoms with E-state index >= 15 is 0 Å². The van der Waals surface area contributed by atoms with Crippen molar-refractivity contribution in [2.45, 2.75) is 26.3 Å². The lowest BCUT2D eigenvalue weighted by atomic mass is 10.1. The first-order valence-electron chi connectivity index (χ1n) is 7.21. The normalized spacial score (nSPS) is 12.0. The maximum atomic E-state index is 6.09. The van der Waals surface area contributed by atoms with Crippen molar-refractivity contribution < 1.29 is 0 Å². The van der Waals surface area contributed by atoms with Crippen LogP contribution in [0.15, 0.2) is 30.6 Å². The maximum Gasteiger partial charge on any atom is 0.164 e. The third kappa shape index (κ3) is 2.21. The average Bonchev–Trinajstić information content (AvgIpc) is 2.90. The van der Waals surface area contributed by atoms with Crippen molar-refractivity contribution in [1.82, 2.24) is 19.7 Å². The Bertz CT molecular complexity index is 817.